The second-order valence-electron chi connectivity index (χ2n) is 3.44. The second-order valence-corrected chi connectivity index (χ2v) is 3.44. The fourth-order valence-electron chi connectivity index (χ4n) is 1.68. The fourth-order valence-corrected chi connectivity index (χ4v) is 1.68. The molecule has 6 heteroatoms. The zero-order valence-corrected chi connectivity index (χ0v) is 9.89. The van der Waals surface area contributed by atoms with E-state index >= 15 is 0 Å². The molecule has 0 unspecified atom stereocenters. The Balaban J connectivity index is 3.75. The summed E-state index contributed by atoms with van der Waals surface area (Å²) in [4.78, 5) is 1.36. The predicted octanol–water partition coefficient (Wildman–Crippen LogP) is 2.69. The fraction of sp³-hybridized carbons (Fsp3) is 0.333. The topological polar surface area (TPSA) is 50.8 Å². The lowest BCUT2D eigenvalue weighted by molar-refractivity contribution is 0.488. The minimum absolute atomic E-state index is 0.304. The summed E-state index contributed by atoms with van der Waals surface area (Å²) < 4.78 is 40.9. The van der Waals surface area contributed by atoms with Crippen LogP contribution in [0.25, 0.3) is 0 Å². The van der Waals surface area contributed by atoms with Gasteiger partial charge >= 0.3 is 0 Å². The molecule has 0 radical (unpaired) electrons. The van der Waals surface area contributed by atoms with E-state index in [1.807, 2.05) is 0 Å². The van der Waals surface area contributed by atoms with Crippen LogP contribution in [0.3, 0.4) is 0 Å². The van der Waals surface area contributed by atoms with E-state index in [1.54, 1.807) is 13.8 Å². The van der Waals surface area contributed by atoms with Crippen molar-refractivity contribution in [1.82, 2.24) is 0 Å². The van der Waals surface area contributed by atoms with Crippen LogP contribution in [0.4, 0.5) is 18.9 Å². The molecule has 0 heterocycles. The van der Waals surface area contributed by atoms with Crippen LogP contribution in [0.2, 0.25) is 0 Å². The third kappa shape index (κ3) is 1.98. The van der Waals surface area contributed by atoms with Gasteiger partial charge in [0.2, 0.25) is 0 Å². The molecule has 1 aromatic rings. The van der Waals surface area contributed by atoms with Crippen molar-refractivity contribution < 1.29 is 13.2 Å². The van der Waals surface area contributed by atoms with Gasteiger partial charge in [-0.1, -0.05) is 0 Å². The predicted molar refractivity (Wildman–Crippen MR) is 59.3 cm³/mol. The first-order valence-electron chi connectivity index (χ1n) is 5.28. The van der Waals surface area contributed by atoms with E-state index in [1.165, 1.54) is 17.0 Å². The molecule has 1 rings (SSSR count). The molecule has 0 saturated carbocycles. The van der Waals surface area contributed by atoms with Gasteiger partial charge in [-0.25, -0.2) is 13.2 Å². The summed E-state index contributed by atoms with van der Waals surface area (Å²) in [6.07, 6.45) is 0. The molecule has 0 spiro atoms. The highest BCUT2D eigenvalue weighted by molar-refractivity contribution is 5.64. The number of nitriles is 2. The molecule has 0 atom stereocenters. The van der Waals surface area contributed by atoms with Crippen LogP contribution in [-0.4, -0.2) is 13.1 Å². The van der Waals surface area contributed by atoms with Crippen LogP contribution in [0.1, 0.15) is 25.0 Å². The molecule has 0 aliphatic rings. The lowest BCUT2D eigenvalue weighted by Crippen LogP contribution is -2.25. The maximum Gasteiger partial charge on any atom is 0.181 e. The van der Waals surface area contributed by atoms with Crippen LogP contribution in [0.15, 0.2) is 0 Å². The molecule has 1 aromatic carbocycles. The molecule has 0 amide bonds. The van der Waals surface area contributed by atoms with Gasteiger partial charge in [-0.3, -0.25) is 0 Å². The first-order valence-corrected chi connectivity index (χ1v) is 5.28. The van der Waals surface area contributed by atoms with Crippen molar-refractivity contribution in [2.45, 2.75) is 13.8 Å². The Labute approximate surface area is 103 Å². The number of rotatable bonds is 3. The third-order valence-corrected chi connectivity index (χ3v) is 2.60. The number of halogens is 3. The van der Waals surface area contributed by atoms with Gasteiger partial charge in [-0.15, -0.1) is 0 Å². The first kappa shape index (κ1) is 13.9. The van der Waals surface area contributed by atoms with E-state index in [0.29, 0.717) is 13.1 Å². The molecule has 0 aromatic heterocycles. The van der Waals surface area contributed by atoms with Crippen molar-refractivity contribution in [1.29, 1.82) is 10.5 Å². The van der Waals surface area contributed by atoms with E-state index in [2.05, 4.69) is 0 Å². The summed E-state index contributed by atoms with van der Waals surface area (Å²) in [5.74, 6) is -4.31. The van der Waals surface area contributed by atoms with Gasteiger partial charge in [0.15, 0.2) is 17.5 Å². The highest BCUT2D eigenvalue weighted by atomic mass is 19.2. The minimum Gasteiger partial charge on any atom is -0.369 e. The summed E-state index contributed by atoms with van der Waals surface area (Å²) in [5.41, 5.74) is -2.08. The van der Waals surface area contributed by atoms with Crippen LogP contribution < -0.4 is 4.90 Å². The average molecular weight is 253 g/mol. The summed E-state index contributed by atoms with van der Waals surface area (Å²) in [5, 5.41) is 17.5. The molecule has 18 heavy (non-hydrogen) atoms. The molecular weight excluding hydrogens is 243 g/mol. The standard InChI is InChI=1S/C12H10F3N3/c1-3-18(4-2)12-8(6-17)10(14)9(13)7(5-16)11(12)15/h3-4H2,1-2H3. The number of hydrogen-bond donors (Lipinski definition) is 0. The normalized spacial score (nSPS) is 9.72. The summed E-state index contributed by atoms with van der Waals surface area (Å²) in [6.45, 7) is 3.96. The van der Waals surface area contributed by atoms with Crippen LogP contribution >= 0.6 is 0 Å². The second kappa shape index (κ2) is 5.42. The smallest absolute Gasteiger partial charge is 0.181 e. The van der Waals surface area contributed by atoms with Crippen molar-refractivity contribution in [3.63, 3.8) is 0 Å². The summed E-state index contributed by atoms with van der Waals surface area (Å²) >= 11 is 0. The van der Waals surface area contributed by atoms with E-state index in [4.69, 9.17) is 10.5 Å². The molecular formula is C12H10F3N3. The Morgan fingerprint density at radius 3 is 1.72 bits per heavy atom. The molecule has 0 fully saturated rings. The van der Waals surface area contributed by atoms with Crippen molar-refractivity contribution in [3.05, 3.63) is 28.6 Å². The van der Waals surface area contributed by atoms with Crippen molar-refractivity contribution >= 4 is 5.69 Å². The molecule has 0 bridgehead atoms. The largest absolute Gasteiger partial charge is 0.369 e. The van der Waals surface area contributed by atoms with E-state index in [0.717, 1.165) is 0 Å². The van der Waals surface area contributed by atoms with Crippen molar-refractivity contribution in [2.24, 2.45) is 0 Å². The number of nitrogens with zero attached hydrogens (tertiary/aromatic N) is 3. The quantitative estimate of drug-likeness (QED) is 0.778. The molecule has 0 aliphatic carbocycles. The van der Waals surface area contributed by atoms with E-state index in [9.17, 15) is 13.2 Å². The van der Waals surface area contributed by atoms with Gasteiger partial charge in [0.25, 0.3) is 0 Å². The third-order valence-electron chi connectivity index (χ3n) is 2.60. The summed E-state index contributed by atoms with van der Waals surface area (Å²) in [7, 11) is 0. The summed E-state index contributed by atoms with van der Waals surface area (Å²) in [6, 6.07) is 2.71. The molecule has 0 aliphatic heterocycles. The number of anilines is 1. The molecule has 0 saturated heterocycles. The van der Waals surface area contributed by atoms with Gasteiger partial charge in [0, 0.05) is 13.1 Å². The molecule has 0 N–H and O–H groups in total. The average Bonchev–Trinajstić information content (AvgIpc) is 2.37. The highest BCUT2D eigenvalue weighted by Gasteiger charge is 2.27. The highest BCUT2D eigenvalue weighted by Crippen LogP contribution is 2.31. The van der Waals surface area contributed by atoms with Gasteiger partial charge in [-0.2, -0.15) is 10.5 Å². The maximum atomic E-state index is 14.0. The van der Waals surface area contributed by atoms with Gasteiger partial charge in [0.05, 0.1) is 5.69 Å². The Kier molecular flexibility index (Phi) is 4.17. The Morgan fingerprint density at radius 2 is 1.33 bits per heavy atom. The lowest BCUT2D eigenvalue weighted by atomic mass is 10.1. The van der Waals surface area contributed by atoms with Gasteiger partial charge < -0.3 is 4.90 Å². The molecule has 3 nitrogen and oxygen atoms in total. The Bertz CT molecular complexity index is 551. The first-order chi connectivity index (χ1) is 8.53. The SMILES string of the molecule is CCN(CC)c1c(F)c(C#N)c(F)c(F)c1C#N. The maximum absolute atomic E-state index is 14.0. The Morgan fingerprint density at radius 1 is 0.889 bits per heavy atom. The number of hydrogen-bond acceptors (Lipinski definition) is 3. The zero-order valence-electron chi connectivity index (χ0n) is 9.89. The lowest BCUT2D eigenvalue weighted by Gasteiger charge is -2.23. The Hall–Kier alpha value is -2.21. The number of benzene rings is 1. The van der Waals surface area contributed by atoms with Gasteiger partial charge in [-0.05, 0) is 13.8 Å². The van der Waals surface area contributed by atoms with Crippen molar-refractivity contribution in [3.8, 4) is 12.1 Å². The van der Waals surface area contributed by atoms with Crippen LogP contribution in [0.5, 0.6) is 0 Å². The van der Waals surface area contributed by atoms with E-state index in [-0.39, 0.29) is 5.69 Å². The molecule has 94 valence electrons. The van der Waals surface area contributed by atoms with Crippen LogP contribution in [0, 0.1) is 40.1 Å². The monoisotopic (exact) mass is 253 g/mol. The van der Waals surface area contributed by atoms with Crippen molar-refractivity contribution in [2.75, 3.05) is 18.0 Å². The zero-order chi connectivity index (χ0) is 13.9. The van der Waals surface area contributed by atoms with Crippen LogP contribution in [-0.2, 0) is 0 Å². The van der Waals surface area contributed by atoms with E-state index < -0.39 is 28.6 Å². The van der Waals surface area contributed by atoms with Gasteiger partial charge in [0.1, 0.15) is 23.3 Å². The minimum atomic E-state index is -1.62.